The molecule has 1 aromatic carbocycles. The Morgan fingerprint density at radius 2 is 1.41 bits per heavy atom. The zero-order valence-electron chi connectivity index (χ0n) is 11.4. The molecular weight excluding hydrogens is 280 g/mol. The van der Waals surface area contributed by atoms with Crippen molar-refractivity contribution in [3.8, 4) is 11.5 Å². The molecule has 0 radical (unpaired) electrons. The molecule has 0 amide bonds. The van der Waals surface area contributed by atoms with E-state index in [0.29, 0.717) is 0 Å². The Hall–Kier alpha value is -0.700. The van der Waals surface area contributed by atoms with Gasteiger partial charge in [-0.3, -0.25) is 0 Å². The minimum atomic E-state index is -0.250. The smallest absolute Gasteiger partial charge is 0.176 e. The molecule has 0 atom stereocenters. The van der Waals surface area contributed by atoms with Crippen LogP contribution in [0.5, 0.6) is 11.5 Å². The van der Waals surface area contributed by atoms with Crippen molar-refractivity contribution in [1.82, 2.24) is 0 Å². The molecule has 2 nitrogen and oxygen atoms in total. The van der Waals surface area contributed by atoms with E-state index >= 15 is 0 Å². The maximum atomic E-state index is 5.94. The van der Waals surface area contributed by atoms with Crippen molar-refractivity contribution >= 4 is 15.9 Å². The molecule has 1 rings (SSSR count). The van der Waals surface area contributed by atoms with Crippen LogP contribution in [0.2, 0.25) is 0 Å². The Balaban J connectivity index is 3.09. The topological polar surface area (TPSA) is 18.5 Å². The van der Waals surface area contributed by atoms with E-state index in [1.54, 1.807) is 0 Å². The van der Waals surface area contributed by atoms with Crippen molar-refractivity contribution in [2.45, 2.75) is 52.7 Å². The molecule has 0 heterocycles. The first-order valence-electron chi connectivity index (χ1n) is 5.75. The lowest BCUT2D eigenvalue weighted by Gasteiger charge is -2.27. The molecule has 96 valence electrons. The highest BCUT2D eigenvalue weighted by Crippen LogP contribution is 2.38. The van der Waals surface area contributed by atoms with Crippen LogP contribution in [0.25, 0.3) is 0 Å². The van der Waals surface area contributed by atoms with Crippen molar-refractivity contribution in [2.24, 2.45) is 0 Å². The second kappa shape index (κ2) is 4.89. The van der Waals surface area contributed by atoms with Gasteiger partial charge in [0, 0.05) is 0 Å². The maximum Gasteiger partial charge on any atom is 0.176 e. The quantitative estimate of drug-likeness (QED) is 0.781. The number of benzene rings is 1. The van der Waals surface area contributed by atoms with E-state index in [4.69, 9.17) is 9.47 Å². The fourth-order valence-electron chi connectivity index (χ4n) is 1.30. The van der Waals surface area contributed by atoms with Gasteiger partial charge in [0.05, 0.1) is 4.47 Å². The van der Waals surface area contributed by atoms with Gasteiger partial charge in [-0.2, -0.15) is 0 Å². The van der Waals surface area contributed by atoms with Crippen molar-refractivity contribution in [3.05, 3.63) is 22.7 Å². The average Bonchev–Trinajstić information content (AvgIpc) is 2.07. The Kier molecular flexibility index (Phi) is 4.13. The highest BCUT2D eigenvalue weighted by molar-refractivity contribution is 9.10. The van der Waals surface area contributed by atoms with Crippen LogP contribution in [0, 0.1) is 0 Å². The summed E-state index contributed by atoms with van der Waals surface area (Å²) in [7, 11) is 0. The molecule has 17 heavy (non-hydrogen) atoms. The van der Waals surface area contributed by atoms with E-state index in [1.165, 1.54) is 0 Å². The number of hydrogen-bond donors (Lipinski definition) is 0. The van der Waals surface area contributed by atoms with Crippen LogP contribution in [0.15, 0.2) is 22.7 Å². The summed E-state index contributed by atoms with van der Waals surface area (Å²) >= 11 is 3.50. The zero-order chi connectivity index (χ0) is 13.3. The van der Waals surface area contributed by atoms with Crippen molar-refractivity contribution in [1.29, 1.82) is 0 Å². The minimum Gasteiger partial charge on any atom is -0.484 e. The van der Waals surface area contributed by atoms with Gasteiger partial charge >= 0.3 is 0 Å². The molecule has 3 heteroatoms. The lowest BCUT2D eigenvalue weighted by molar-refractivity contribution is 0.0949. The van der Waals surface area contributed by atoms with E-state index < -0.39 is 0 Å². The van der Waals surface area contributed by atoms with Crippen LogP contribution in [-0.4, -0.2) is 11.2 Å². The van der Waals surface area contributed by atoms with Crippen LogP contribution in [0.4, 0.5) is 0 Å². The van der Waals surface area contributed by atoms with E-state index in [1.807, 2.05) is 59.7 Å². The summed E-state index contributed by atoms with van der Waals surface area (Å²) in [5, 5.41) is 0. The molecule has 0 N–H and O–H groups in total. The SMILES string of the molecule is CC(C)(C)Oc1cccc(Br)c1OC(C)(C)C. The minimum absolute atomic E-state index is 0.239. The second-order valence-corrected chi connectivity index (χ2v) is 6.85. The van der Waals surface area contributed by atoms with Gasteiger partial charge in [-0.05, 0) is 69.6 Å². The van der Waals surface area contributed by atoms with Gasteiger partial charge in [-0.25, -0.2) is 0 Å². The van der Waals surface area contributed by atoms with E-state index in [0.717, 1.165) is 16.0 Å². The van der Waals surface area contributed by atoms with Gasteiger partial charge < -0.3 is 9.47 Å². The lowest BCUT2D eigenvalue weighted by Crippen LogP contribution is -2.26. The number of halogens is 1. The van der Waals surface area contributed by atoms with Gasteiger partial charge in [-0.1, -0.05) is 6.07 Å². The monoisotopic (exact) mass is 300 g/mol. The highest BCUT2D eigenvalue weighted by atomic mass is 79.9. The first-order valence-corrected chi connectivity index (χ1v) is 6.54. The van der Waals surface area contributed by atoms with Gasteiger partial charge in [0.25, 0.3) is 0 Å². The van der Waals surface area contributed by atoms with E-state index in [-0.39, 0.29) is 11.2 Å². The molecule has 0 saturated heterocycles. The molecular formula is C14H21BrO2. The predicted molar refractivity (Wildman–Crippen MR) is 74.9 cm³/mol. The van der Waals surface area contributed by atoms with Crippen molar-refractivity contribution in [3.63, 3.8) is 0 Å². The number of rotatable bonds is 2. The van der Waals surface area contributed by atoms with Gasteiger partial charge in [0.2, 0.25) is 0 Å². The standard InChI is InChI=1S/C14H21BrO2/c1-13(2,3)16-11-9-7-8-10(15)12(11)17-14(4,5)6/h7-9H,1-6H3. The van der Waals surface area contributed by atoms with E-state index in [9.17, 15) is 0 Å². The van der Waals surface area contributed by atoms with Gasteiger partial charge in [0.1, 0.15) is 11.2 Å². The molecule has 0 aliphatic carbocycles. The summed E-state index contributed by atoms with van der Waals surface area (Å²) in [6.07, 6.45) is 0. The fraction of sp³-hybridized carbons (Fsp3) is 0.571. The van der Waals surface area contributed by atoms with Gasteiger partial charge in [0.15, 0.2) is 11.5 Å². The van der Waals surface area contributed by atoms with Crippen LogP contribution >= 0.6 is 15.9 Å². The fourth-order valence-corrected chi connectivity index (χ4v) is 1.73. The summed E-state index contributed by atoms with van der Waals surface area (Å²) < 4.78 is 12.8. The molecule has 0 aliphatic heterocycles. The third kappa shape index (κ3) is 4.99. The summed E-state index contributed by atoms with van der Waals surface area (Å²) in [4.78, 5) is 0. The number of hydrogen-bond acceptors (Lipinski definition) is 2. The molecule has 0 aliphatic rings. The third-order valence-corrected chi connectivity index (χ3v) is 2.38. The lowest BCUT2D eigenvalue weighted by atomic mass is 10.1. The number of para-hydroxylation sites is 1. The van der Waals surface area contributed by atoms with E-state index in [2.05, 4.69) is 15.9 Å². The van der Waals surface area contributed by atoms with Crippen LogP contribution in [0.3, 0.4) is 0 Å². The van der Waals surface area contributed by atoms with Crippen molar-refractivity contribution in [2.75, 3.05) is 0 Å². The third-order valence-electron chi connectivity index (χ3n) is 1.76. The first-order chi connectivity index (χ1) is 7.58. The molecule has 0 fully saturated rings. The molecule has 0 bridgehead atoms. The largest absolute Gasteiger partial charge is 0.484 e. The van der Waals surface area contributed by atoms with Crippen LogP contribution < -0.4 is 9.47 Å². The van der Waals surface area contributed by atoms with Gasteiger partial charge in [-0.15, -0.1) is 0 Å². The van der Waals surface area contributed by atoms with Crippen LogP contribution in [-0.2, 0) is 0 Å². The first kappa shape index (κ1) is 14.4. The second-order valence-electron chi connectivity index (χ2n) is 6.00. The molecule has 0 unspecified atom stereocenters. The summed E-state index contributed by atoms with van der Waals surface area (Å²) in [6, 6.07) is 5.83. The van der Waals surface area contributed by atoms with Crippen molar-refractivity contribution < 1.29 is 9.47 Å². The molecule has 1 aromatic rings. The zero-order valence-corrected chi connectivity index (χ0v) is 13.0. The number of ether oxygens (including phenoxy) is 2. The summed E-state index contributed by atoms with van der Waals surface area (Å²) in [5.41, 5.74) is -0.489. The summed E-state index contributed by atoms with van der Waals surface area (Å²) in [6.45, 7) is 12.1. The maximum absolute atomic E-state index is 5.94. The molecule has 0 aromatic heterocycles. The predicted octanol–water partition coefficient (Wildman–Crippen LogP) is 4.80. The van der Waals surface area contributed by atoms with Crippen LogP contribution in [0.1, 0.15) is 41.5 Å². The molecule has 0 spiro atoms. The highest BCUT2D eigenvalue weighted by Gasteiger charge is 2.21. The Morgan fingerprint density at radius 1 is 0.882 bits per heavy atom. The Morgan fingerprint density at radius 3 is 1.88 bits per heavy atom. The Labute approximate surface area is 112 Å². The Bertz CT molecular complexity index is 386. The normalized spacial score (nSPS) is 12.4. The molecule has 0 saturated carbocycles. The average molecular weight is 301 g/mol. The summed E-state index contributed by atoms with van der Waals surface area (Å²) in [5.74, 6) is 1.52.